The van der Waals surface area contributed by atoms with Gasteiger partial charge in [-0.15, -0.1) is 11.3 Å². The van der Waals surface area contributed by atoms with Gasteiger partial charge in [-0.25, -0.2) is 4.98 Å². The fourth-order valence-electron chi connectivity index (χ4n) is 1.87. The Kier molecular flexibility index (Phi) is 3.41. The first-order valence-corrected chi connectivity index (χ1v) is 7.04. The number of phenolic OH excluding ortho intramolecular Hbond substituents is 1. The number of rotatable bonds is 3. The summed E-state index contributed by atoms with van der Waals surface area (Å²) in [6.07, 6.45) is 2.88. The van der Waals surface area contributed by atoms with Gasteiger partial charge in [-0.2, -0.15) is 0 Å². The van der Waals surface area contributed by atoms with Crippen molar-refractivity contribution in [2.24, 2.45) is 0 Å². The molecule has 21 heavy (non-hydrogen) atoms. The van der Waals surface area contributed by atoms with Gasteiger partial charge in [0.1, 0.15) is 11.3 Å². The van der Waals surface area contributed by atoms with Crippen LogP contribution in [0.1, 0.15) is 15.9 Å². The van der Waals surface area contributed by atoms with Gasteiger partial charge >= 0.3 is 0 Å². The van der Waals surface area contributed by atoms with Gasteiger partial charge in [0.2, 0.25) is 0 Å². The Morgan fingerprint density at radius 2 is 2.10 bits per heavy atom. The van der Waals surface area contributed by atoms with Crippen LogP contribution in [-0.2, 0) is 6.54 Å². The molecule has 1 aromatic carbocycles. The number of fused-ring (bicyclic) bond motifs is 1. The summed E-state index contributed by atoms with van der Waals surface area (Å²) in [5.41, 5.74) is 0.444. The molecule has 2 N–H and O–H groups in total. The Bertz CT molecular complexity index is 852. The van der Waals surface area contributed by atoms with Gasteiger partial charge in [0, 0.05) is 24.3 Å². The van der Waals surface area contributed by atoms with Crippen molar-refractivity contribution in [1.29, 1.82) is 0 Å². The van der Waals surface area contributed by atoms with E-state index in [1.54, 1.807) is 23.7 Å². The van der Waals surface area contributed by atoms with Gasteiger partial charge in [-0.1, -0.05) is 12.1 Å². The largest absolute Gasteiger partial charge is 0.508 e. The monoisotopic (exact) mass is 301 g/mol. The van der Waals surface area contributed by atoms with Crippen molar-refractivity contribution in [2.45, 2.75) is 6.54 Å². The quantitative estimate of drug-likeness (QED) is 0.766. The van der Waals surface area contributed by atoms with Gasteiger partial charge < -0.3 is 10.4 Å². The van der Waals surface area contributed by atoms with Crippen molar-refractivity contribution < 1.29 is 9.90 Å². The van der Waals surface area contributed by atoms with E-state index >= 15 is 0 Å². The Hall–Kier alpha value is -2.67. The van der Waals surface area contributed by atoms with Crippen molar-refractivity contribution in [3.8, 4) is 5.75 Å². The number of hydrogen-bond donors (Lipinski definition) is 2. The van der Waals surface area contributed by atoms with E-state index in [9.17, 15) is 14.7 Å². The summed E-state index contributed by atoms with van der Waals surface area (Å²) in [6.45, 7) is 0.269. The van der Waals surface area contributed by atoms with Crippen molar-refractivity contribution in [1.82, 2.24) is 14.7 Å². The first-order chi connectivity index (χ1) is 10.1. The van der Waals surface area contributed by atoms with Crippen LogP contribution in [0.5, 0.6) is 5.75 Å². The lowest BCUT2D eigenvalue weighted by atomic mass is 10.2. The Morgan fingerprint density at radius 1 is 1.33 bits per heavy atom. The number of aromatic hydroxyl groups is 1. The third-order valence-electron chi connectivity index (χ3n) is 2.98. The van der Waals surface area contributed by atoms with Gasteiger partial charge in [-0.05, 0) is 17.7 Å². The number of nitrogens with zero attached hydrogens (tertiary/aromatic N) is 2. The van der Waals surface area contributed by atoms with Crippen LogP contribution in [-0.4, -0.2) is 20.4 Å². The first-order valence-electron chi connectivity index (χ1n) is 6.16. The van der Waals surface area contributed by atoms with Crippen molar-refractivity contribution in [3.63, 3.8) is 0 Å². The van der Waals surface area contributed by atoms with Crippen molar-refractivity contribution in [2.75, 3.05) is 0 Å². The molecule has 1 amide bonds. The predicted octanol–water partition coefficient (Wildman–Crippen LogP) is 1.39. The molecule has 0 spiro atoms. The molecule has 6 nitrogen and oxygen atoms in total. The zero-order chi connectivity index (χ0) is 14.8. The highest BCUT2D eigenvalue weighted by atomic mass is 32.1. The Labute approximate surface area is 123 Å². The minimum atomic E-state index is -0.471. The van der Waals surface area contributed by atoms with Crippen LogP contribution < -0.4 is 10.9 Å². The molecular weight excluding hydrogens is 290 g/mol. The normalized spacial score (nSPS) is 10.7. The molecule has 106 valence electrons. The van der Waals surface area contributed by atoms with Gasteiger partial charge in [0.05, 0.1) is 0 Å². The summed E-state index contributed by atoms with van der Waals surface area (Å²) < 4.78 is 1.35. The SMILES string of the molecule is O=C(NCc1ccc(O)cc1)c1cnc2sccn2c1=O. The lowest BCUT2D eigenvalue weighted by Gasteiger charge is -2.05. The molecule has 0 aliphatic heterocycles. The van der Waals surface area contributed by atoms with Crippen LogP contribution in [0.4, 0.5) is 0 Å². The molecule has 3 aromatic rings. The summed E-state index contributed by atoms with van der Waals surface area (Å²) in [6, 6.07) is 6.47. The standard InChI is InChI=1S/C14H11N3O3S/c18-10-3-1-9(2-4-10)7-15-12(19)11-8-16-14-17(13(11)20)5-6-21-14/h1-6,8,18H,7H2,(H,15,19). The number of nitrogens with one attached hydrogen (secondary N) is 1. The smallest absolute Gasteiger partial charge is 0.271 e. The molecule has 0 bridgehead atoms. The topological polar surface area (TPSA) is 83.7 Å². The van der Waals surface area contributed by atoms with Gasteiger partial charge in [0.25, 0.3) is 11.5 Å². The summed E-state index contributed by atoms with van der Waals surface area (Å²) in [5.74, 6) is -0.309. The third kappa shape index (κ3) is 2.63. The van der Waals surface area contributed by atoms with E-state index in [1.165, 1.54) is 34.1 Å². The second-order valence-corrected chi connectivity index (χ2v) is 5.25. The Balaban J connectivity index is 1.79. The molecule has 0 saturated carbocycles. The molecule has 0 fully saturated rings. The van der Waals surface area contributed by atoms with E-state index in [0.717, 1.165) is 5.56 Å². The molecule has 2 heterocycles. The summed E-state index contributed by atoms with van der Waals surface area (Å²) in [7, 11) is 0. The average molecular weight is 301 g/mol. The van der Waals surface area contributed by atoms with E-state index in [2.05, 4.69) is 10.3 Å². The van der Waals surface area contributed by atoms with Crippen molar-refractivity contribution in [3.05, 3.63) is 63.5 Å². The zero-order valence-corrected chi connectivity index (χ0v) is 11.6. The van der Waals surface area contributed by atoms with E-state index in [0.29, 0.717) is 4.96 Å². The van der Waals surface area contributed by atoms with Gasteiger partial charge in [0.15, 0.2) is 4.96 Å². The van der Waals surface area contributed by atoms with Gasteiger partial charge in [-0.3, -0.25) is 14.0 Å². The number of hydrogen-bond acceptors (Lipinski definition) is 5. The Morgan fingerprint density at radius 3 is 2.86 bits per heavy atom. The maximum Gasteiger partial charge on any atom is 0.271 e. The van der Waals surface area contributed by atoms with E-state index < -0.39 is 5.91 Å². The van der Waals surface area contributed by atoms with Crippen LogP contribution in [0.2, 0.25) is 0 Å². The van der Waals surface area contributed by atoms with E-state index in [4.69, 9.17) is 0 Å². The number of amides is 1. The lowest BCUT2D eigenvalue weighted by Crippen LogP contribution is -2.30. The van der Waals surface area contributed by atoms with E-state index in [-0.39, 0.29) is 23.4 Å². The molecule has 0 unspecified atom stereocenters. The fourth-order valence-corrected chi connectivity index (χ4v) is 2.55. The minimum absolute atomic E-state index is 0.00433. The average Bonchev–Trinajstić information content (AvgIpc) is 2.96. The van der Waals surface area contributed by atoms with Crippen LogP contribution in [0.15, 0.2) is 46.8 Å². The number of phenols is 1. The molecular formula is C14H11N3O3S. The maximum atomic E-state index is 12.1. The summed E-state index contributed by atoms with van der Waals surface area (Å²) in [4.78, 5) is 28.8. The predicted molar refractivity (Wildman–Crippen MR) is 78.6 cm³/mol. The van der Waals surface area contributed by atoms with Crippen LogP contribution in [0.3, 0.4) is 0 Å². The molecule has 0 saturated heterocycles. The summed E-state index contributed by atoms with van der Waals surface area (Å²) >= 11 is 1.33. The number of carbonyl (C=O) groups is 1. The zero-order valence-electron chi connectivity index (χ0n) is 10.8. The molecule has 3 rings (SSSR count). The maximum absolute atomic E-state index is 12.1. The highest BCUT2D eigenvalue weighted by molar-refractivity contribution is 7.15. The third-order valence-corrected chi connectivity index (χ3v) is 3.75. The molecule has 7 heteroatoms. The molecule has 0 atom stereocenters. The number of benzene rings is 1. The second-order valence-electron chi connectivity index (χ2n) is 4.38. The molecule has 0 aliphatic rings. The van der Waals surface area contributed by atoms with E-state index in [1.807, 2.05) is 0 Å². The first kappa shape index (κ1) is 13.3. The fraction of sp³-hybridized carbons (Fsp3) is 0.0714. The lowest BCUT2D eigenvalue weighted by molar-refractivity contribution is 0.0949. The molecule has 2 aromatic heterocycles. The number of carbonyl (C=O) groups excluding carboxylic acids is 1. The second kappa shape index (κ2) is 5.37. The van der Waals surface area contributed by atoms with Crippen LogP contribution >= 0.6 is 11.3 Å². The molecule has 0 aliphatic carbocycles. The number of aromatic nitrogens is 2. The minimum Gasteiger partial charge on any atom is -0.508 e. The summed E-state index contributed by atoms with van der Waals surface area (Å²) in [5, 5.41) is 13.6. The van der Waals surface area contributed by atoms with Crippen LogP contribution in [0.25, 0.3) is 4.96 Å². The molecule has 0 radical (unpaired) electrons. The highest BCUT2D eigenvalue weighted by Crippen LogP contribution is 2.09. The van der Waals surface area contributed by atoms with Crippen LogP contribution in [0, 0.1) is 0 Å². The van der Waals surface area contributed by atoms with Crippen molar-refractivity contribution >= 4 is 22.2 Å². The highest BCUT2D eigenvalue weighted by Gasteiger charge is 2.13. The number of thiazole rings is 1.